The number of aliphatic hydroxyl groups excluding tert-OH is 1. The molecule has 0 heterocycles. The highest BCUT2D eigenvalue weighted by Gasteiger charge is 1.96. The van der Waals surface area contributed by atoms with E-state index >= 15 is 0 Å². The first-order valence-electron chi connectivity index (χ1n) is 3.73. The molecular formula is C7H18NO+. The van der Waals surface area contributed by atoms with Gasteiger partial charge < -0.3 is 10.0 Å². The minimum Gasteiger partial charge on any atom is -0.391 e. The van der Waals surface area contributed by atoms with Crippen molar-refractivity contribution in [2.24, 2.45) is 0 Å². The molecule has 0 saturated heterocycles. The maximum Gasteiger partial charge on any atom is 0.100 e. The van der Waals surface area contributed by atoms with Crippen LogP contribution >= 0.6 is 0 Å². The molecule has 0 aliphatic rings. The molecular weight excluding hydrogens is 114 g/mol. The topological polar surface area (TPSA) is 24.7 Å². The summed E-state index contributed by atoms with van der Waals surface area (Å²) in [6.45, 7) is 4.58. The lowest BCUT2D eigenvalue weighted by Crippen LogP contribution is -3.09. The molecule has 0 fully saturated rings. The summed E-state index contributed by atoms with van der Waals surface area (Å²) in [7, 11) is 2.12. The largest absolute Gasteiger partial charge is 0.391 e. The van der Waals surface area contributed by atoms with E-state index in [1.54, 1.807) is 0 Å². The Balaban J connectivity index is 2.95. The monoisotopic (exact) mass is 132 g/mol. The molecule has 0 rings (SSSR count). The lowest BCUT2D eigenvalue weighted by molar-refractivity contribution is -0.880. The average molecular weight is 132 g/mol. The van der Waals surface area contributed by atoms with Gasteiger partial charge in [0.15, 0.2) is 0 Å². The summed E-state index contributed by atoms with van der Waals surface area (Å²) in [5.74, 6) is 0. The fourth-order valence-corrected chi connectivity index (χ4v) is 0.794. The predicted octanol–water partition coefficient (Wildman–Crippen LogP) is -0.706. The minimum absolute atomic E-state index is 0.315. The smallest absolute Gasteiger partial charge is 0.100 e. The molecule has 0 aromatic carbocycles. The predicted molar refractivity (Wildman–Crippen MR) is 38.6 cm³/mol. The Labute approximate surface area is 57.5 Å². The van der Waals surface area contributed by atoms with E-state index in [2.05, 4.69) is 14.0 Å². The number of hydrogen-bond acceptors (Lipinski definition) is 1. The summed E-state index contributed by atoms with van der Waals surface area (Å²) >= 11 is 0. The molecule has 9 heavy (non-hydrogen) atoms. The van der Waals surface area contributed by atoms with Gasteiger partial charge in [0.2, 0.25) is 0 Å². The Bertz CT molecular complexity index is 56.9. The van der Waals surface area contributed by atoms with Crippen LogP contribution in [0.2, 0.25) is 0 Å². The number of nitrogens with one attached hydrogen (secondary N) is 1. The molecule has 0 amide bonds. The van der Waals surface area contributed by atoms with Gasteiger partial charge in [-0.05, 0) is 6.42 Å². The van der Waals surface area contributed by atoms with Gasteiger partial charge in [-0.25, -0.2) is 0 Å². The van der Waals surface area contributed by atoms with Crippen LogP contribution < -0.4 is 4.90 Å². The van der Waals surface area contributed by atoms with Gasteiger partial charge in [-0.2, -0.15) is 0 Å². The van der Waals surface area contributed by atoms with E-state index in [4.69, 9.17) is 5.11 Å². The lowest BCUT2D eigenvalue weighted by Gasteiger charge is -2.10. The zero-order valence-corrected chi connectivity index (χ0v) is 6.48. The van der Waals surface area contributed by atoms with Crippen molar-refractivity contribution in [2.75, 3.05) is 26.7 Å². The van der Waals surface area contributed by atoms with Crippen molar-refractivity contribution in [3.63, 3.8) is 0 Å². The highest BCUT2D eigenvalue weighted by molar-refractivity contribution is 4.28. The van der Waals surface area contributed by atoms with Gasteiger partial charge in [0.1, 0.15) is 6.54 Å². The number of unbranched alkanes of at least 4 members (excludes halogenated alkanes) is 1. The van der Waals surface area contributed by atoms with E-state index in [0.29, 0.717) is 6.61 Å². The van der Waals surface area contributed by atoms with Crippen LogP contribution in [0, 0.1) is 0 Å². The summed E-state index contributed by atoms with van der Waals surface area (Å²) in [5.41, 5.74) is 0. The van der Waals surface area contributed by atoms with Crippen molar-refractivity contribution in [3.8, 4) is 0 Å². The van der Waals surface area contributed by atoms with Gasteiger partial charge >= 0.3 is 0 Å². The number of likely N-dealkylation sites (N-methyl/N-ethyl adjacent to an activating group) is 1. The number of hydrogen-bond donors (Lipinski definition) is 2. The number of quaternary nitrogens is 1. The van der Waals surface area contributed by atoms with Gasteiger partial charge in [-0.1, -0.05) is 13.3 Å². The summed E-state index contributed by atoms with van der Waals surface area (Å²) < 4.78 is 0. The number of aliphatic hydroxyl groups is 1. The third kappa shape index (κ3) is 5.80. The second-order valence-electron chi connectivity index (χ2n) is 2.53. The Morgan fingerprint density at radius 2 is 2.00 bits per heavy atom. The van der Waals surface area contributed by atoms with Gasteiger partial charge in [0.25, 0.3) is 0 Å². The van der Waals surface area contributed by atoms with Crippen LogP contribution in [-0.4, -0.2) is 31.9 Å². The summed E-state index contributed by atoms with van der Waals surface area (Å²) in [6.07, 6.45) is 2.52. The Morgan fingerprint density at radius 3 is 2.44 bits per heavy atom. The third-order valence-electron chi connectivity index (χ3n) is 1.50. The van der Waals surface area contributed by atoms with E-state index in [-0.39, 0.29) is 0 Å². The Kier molecular flexibility index (Phi) is 5.99. The minimum atomic E-state index is 0.315. The first-order chi connectivity index (χ1) is 4.31. The first kappa shape index (κ1) is 8.92. The van der Waals surface area contributed by atoms with Gasteiger partial charge in [0, 0.05) is 0 Å². The second kappa shape index (κ2) is 6.05. The summed E-state index contributed by atoms with van der Waals surface area (Å²) in [5, 5.41) is 8.52. The van der Waals surface area contributed by atoms with Crippen LogP contribution in [0.15, 0.2) is 0 Å². The number of rotatable bonds is 5. The normalized spacial score (nSPS) is 13.7. The molecule has 0 bridgehead atoms. The van der Waals surface area contributed by atoms with Crippen molar-refractivity contribution in [1.82, 2.24) is 0 Å². The van der Waals surface area contributed by atoms with Crippen LogP contribution in [0.25, 0.3) is 0 Å². The standard InChI is InChI=1S/C7H17NO/c1-3-4-5-8(2)6-7-9/h9H,3-7H2,1-2H3/p+1. The Morgan fingerprint density at radius 1 is 1.33 bits per heavy atom. The molecule has 56 valence electrons. The average Bonchev–Trinajstić information content (AvgIpc) is 1.85. The zero-order valence-electron chi connectivity index (χ0n) is 6.48. The zero-order chi connectivity index (χ0) is 7.11. The molecule has 0 aromatic rings. The first-order valence-corrected chi connectivity index (χ1v) is 3.73. The van der Waals surface area contributed by atoms with Crippen LogP contribution in [0.3, 0.4) is 0 Å². The van der Waals surface area contributed by atoms with Crippen molar-refractivity contribution < 1.29 is 10.0 Å². The third-order valence-corrected chi connectivity index (χ3v) is 1.50. The lowest BCUT2D eigenvalue weighted by atomic mass is 10.3. The maximum absolute atomic E-state index is 8.52. The molecule has 2 nitrogen and oxygen atoms in total. The van der Waals surface area contributed by atoms with Crippen LogP contribution in [0.5, 0.6) is 0 Å². The second-order valence-corrected chi connectivity index (χ2v) is 2.53. The van der Waals surface area contributed by atoms with Crippen molar-refractivity contribution in [1.29, 1.82) is 0 Å². The molecule has 0 aliphatic heterocycles. The molecule has 2 heteroatoms. The van der Waals surface area contributed by atoms with Crippen molar-refractivity contribution in [2.45, 2.75) is 19.8 Å². The fraction of sp³-hybridized carbons (Fsp3) is 1.00. The molecule has 1 atom stereocenters. The molecule has 1 unspecified atom stereocenters. The molecule has 0 radical (unpaired) electrons. The Hall–Kier alpha value is -0.0800. The van der Waals surface area contributed by atoms with E-state index in [0.717, 1.165) is 6.54 Å². The molecule has 0 aromatic heterocycles. The van der Waals surface area contributed by atoms with Crippen LogP contribution in [0.4, 0.5) is 0 Å². The van der Waals surface area contributed by atoms with E-state index in [1.165, 1.54) is 24.3 Å². The van der Waals surface area contributed by atoms with Crippen LogP contribution in [0.1, 0.15) is 19.8 Å². The molecule has 0 saturated carbocycles. The highest BCUT2D eigenvalue weighted by Crippen LogP contribution is 1.77. The molecule has 2 N–H and O–H groups in total. The van der Waals surface area contributed by atoms with E-state index < -0.39 is 0 Å². The van der Waals surface area contributed by atoms with E-state index in [1.807, 2.05) is 0 Å². The molecule has 0 aliphatic carbocycles. The SMILES string of the molecule is CCCC[NH+](C)CCO. The quantitative estimate of drug-likeness (QED) is 0.507. The maximum atomic E-state index is 8.52. The van der Waals surface area contributed by atoms with Crippen molar-refractivity contribution >= 4 is 0 Å². The van der Waals surface area contributed by atoms with Gasteiger partial charge in [-0.15, -0.1) is 0 Å². The van der Waals surface area contributed by atoms with Gasteiger partial charge in [0.05, 0.1) is 20.2 Å². The van der Waals surface area contributed by atoms with Gasteiger partial charge in [-0.3, -0.25) is 0 Å². The highest BCUT2D eigenvalue weighted by atomic mass is 16.3. The van der Waals surface area contributed by atoms with Crippen molar-refractivity contribution in [3.05, 3.63) is 0 Å². The molecule has 0 spiro atoms. The fourth-order valence-electron chi connectivity index (χ4n) is 0.794. The van der Waals surface area contributed by atoms with Crippen LogP contribution in [-0.2, 0) is 0 Å². The summed E-state index contributed by atoms with van der Waals surface area (Å²) in [4.78, 5) is 1.43. The summed E-state index contributed by atoms with van der Waals surface area (Å²) in [6, 6.07) is 0. The van der Waals surface area contributed by atoms with E-state index in [9.17, 15) is 0 Å².